The van der Waals surface area contributed by atoms with Gasteiger partial charge in [0.1, 0.15) is 24.0 Å². The van der Waals surface area contributed by atoms with Gasteiger partial charge in [0.15, 0.2) is 0 Å². The number of ether oxygens (including phenoxy) is 1. The molecule has 28 heavy (non-hydrogen) atoms. The third-order valence-electron chi connectivity index (χ3n) is 4.82. The Bertz CT molecular complexity index is 845. The highest BCUT2D eigenvalue weighted by Gasteiger charge is 2.34. The summed E-state index contributed by atoms with van der Waals surface area (Å²) in [5.74, 6) is 0.536. The molecule has 0 saturated carbocycles. The van der Waals surface area contributed by atoms with E-state index in [9.17, 15) is 13.5 Å². The topological polar surface area (TPSA) is 137 Å². The molecule has 1 aromatic rings. The van der Waals surface area contributed by atoms with Crippen molar-refractivity contribution in [2.45, 2.75) is 38.3 Å². The molecule has 1 aromatic carbocycles. The lowest BCUT2D eigenvalue weighted by molar-refractivity contribution is 0.0536. The fourth-order valence-corrected chi connectivity index (χ4v) is 4.19. The third-order valence-corrected chi connectivity index (χ3v) is 6.39. The second-order valence-corrected chi connectivity index (χ2v) is 8.95. The van der Waals surface area contributed by atoms with Crippen LogP contribution in [0.15, 0.2) is 17.5 Å². The van der Waals surface area contributed by atoms with Crippen LogP contribution in [0.1, 0.15) is 29.5 Å². The molecule has 0 aromatic heterocycles. The lowest BCUT2D eigenvalue weighted by atomic mass is 9.91. The van der Waals surface area contributed by atoms with Crippen LogP contribution in [0.2, 0.25) is 0 Å². The largest absolute Gasteiger partial charge is 0.491 e. The van der Waals surface area contributed by atoms with Gasteiger partial charge >= 0.3 is 0 Å². The molecule has 0 radical (unpaired) electrons. The first-order valence-electron chi connectivity index (χ1n) is 9.01. The highest BCUT2D eigenvalue weighted by Crippen LogP contribution is 2.25. The number of aliphatic hydroxyl groups excluding tert-OH is 2. The van der Waals surface area contributed by atoms with Crippen molar-refractivity contribution in [3.8, 4) is 11.8 Å². The first-order chi connectivity index (χ1) is 13.1. The molecule has 0 unspecified atom stereocenters. The van der Waals surface area contributed by atoms with Gasteiger partial charge in [0, 0.05) is 18.5 Å². The second kappa shape index (κ2) is 9.03. The van der Waals surface area contributed by atoms with E-state index in [1.165, 1.54) is 9.71 Å². The van der Waals surface area contributed by atoms with Crippen LogP contribution in [0.3, 0.4) is 0 Å². The van der Waals surface area contributed by atoms with Gasteiger partial charge in [-0.25, -0.2) is 8.42 Å². The molecule has 1 saturated heterocycles. The number of benzene rings is 1. The van der Waals surface area contributed by atoms with Crippen LogP contribution in [0.5, 0.6) is 5.75 Å². The first-order valence-corrected chi connectivity index (χ1v) is 10.5. The number of rotatable bonds is 7. The Balaban J connectivity index is 2.12. The quantitative estimate of drug-likeness (QED) is 0.601. The summed E-state index contributed by atoms with van der Waals surface area (Å²) in [5, 5.41) is 28.5. The van der Waals surface area contributed by atoms with Crippen molar-refractivity contribution in [1.82, 2.24) is 4.31 Å². The molecule has 0 bridgehead atoms. The maximum absolute atomic E-state index is 12.6. The lowest BCUT2D eigenvalue weighted by Crippen LogP contribution is -2.50. The lowest BCUT2D eigenvalue weighted by Gasteiger charge is -2.33. The van der Waals surface area contributed by atoms with Crippen LogP contribution in [0, 0.1) is 25.2 Å². The van der Waals surface area contributed by atoms with Gasteiger partial charge in [-0.05, 0) is 61.6 Å². The minimum Gasteiger partial charge on any atom is -0.491 e. The third kappa shape index (κ3) is 5.53. The van der Waals surface area contributed by atoms with Crippen LogP contribution in [0.4, 0.5) is 0 Å². The van der Waals surface area contributed by atoms with E-state index in [0.29, 0.717) is 18.6 Å². The Morgan fingerprint density at radius 3 is 2.43 bits per heavy atom. The van der Waals surface area contributed by atoms with Gasteiger partial charge in [0.05, 0.1) is 12.7 Å². The normalized spacial score (nSPS) is 18.7. The van der Waals surface area contributed by atoms with E-state index in [2.05, 4.69) is 0 Å². The minimum absolute atomic E-state index is 0.0285. The maximum atomic E-state index is 12.6. The Labute approximate surface area is 165 Å². The van der Waals surface area contributed by atoms with Crippen molar-refractivity contribution in [2.75, 3.05) is 26.3 Å². The summed E-state index contributed by atoms with van der Waals surface area (Å²) in [5.41, 5.74) is 7.35. The van der Waals surface area contributed by atoms with Crippen molar-refractivity contribution in [3.05, 3.63) is 34.2 Å². The van der Waals surface area contributed by atoms with Crippen LogP contribution in [-0.2, 0) is 10.0 Å². The average molecular weight is 410 g/mol. The molecular weight excluding hydrogens is 382 g/mol. The van der Waals surface area contributed by atoms with Crippen LogP contribution >= 0.6 is 0 Å². The van der Waals surface area contributed by atoms with Crippen molar-refractivity contribution < 1.29 is 23.4 Å². The zero-order valence-corrected chi connectivity index (χ0v) is 16.9. The number of nitrogens with two attached hydrogens (primary N) is 1. The predicted octanol–water partition coefficient (Wildman–Crippen LogP) is 0.653. The Morgan fingerprint density at radius 2 is 1.93 bits per heavy atom. The molecule has 0 spiro atoms. The summed E-state index contributed by atoms with van der Waals surface area (Å²) in [4.78, 5) is 0. The van der Waals surface area contributed by atoms with E-state index < -0.39 is 21.7 Å². The molecule has 1 aliphatic rings. The van der Waals surface area contributed by atoms with E-state index in [4.69, 9.17) is 20.8 Å². The van der Waals surface area contributed by atoms with Crippen molar-refractivity contribution in [1.29, 1.82) is 5.26 Å². The van der Waals surface area contributed by atoms with Gasteiger partial charge in [0.2, 0.25) is 10.0 Å². The van der Waals surface area contributed by atoms with Gasteiger partial charge in [0.25, 0.3) is 0 Å². The summed E-state index contributed by atoms with van der Waals surface area (Å²) in [6, 6.07) is 5.55. The van der Waals surface area contributed by atoms with E-state index in [0.717, 1.165) is 16.7 Å². The summed E-state index contributed by atoms with van der Waals surface area (Å²) >= 11 is 0. The SMILES string of the molecule is Cc1cc(OC[C@H](O)CO)cc(C)c1/C=C/S(=O)(=O)N1CCC(N)(C#N)CC1. The summed E-state index contributed by atoms with van der Waals surface area (Å²) < 4.78 is 32.0. The highest BCUT2D eigenvalue weighted by atomic mass is 32.2. The minimum atomic E-state index is -3.61. The van der Waals surface area contributed by atoms with Gasteiger partial charge in [-0.3, -0.25) is 0 Å². The van der Waals surface area contributed by atoms with Crippen LogP contribution in [0.25, 0.3) is 6.08 Å². The Morgan fingerprint density at radius 1 is 1.36 bits per heavy atom. The molecule has 0 amide bonds. The van der Waals surface area contributed by atoms with E-state index in [1.54, 1.807) is 18.2 Å². The fraction of sp³-hybridized carbons (Fsp3) is 0.526. The van der Waals surface area contributed by atoms with E-state index >= 15 is 0 Å². The van der Waals surface area contributed by atoms with Gasteiger partial charge in [-0.1, -0.05) is 0 Å². The summed E-state index contributed by atoms with van der Waals surface area (Å²) in [6.07, 6.45) is 1.21. The standard InChI is InChI=1S/C19H27N3O5S/c1-14-9-17(27-12-16(24)11-23)10-15(2)18(14)3-8-28(25,26)22-6-4-19(21,13-20)5-7-22/h3,8-10,16,23-24H,4-7,11-12,21H2,1-2H3/b8-3+/t16-/m1/s1. The molecule has 1 atom stereocenters. The molecule has 1 heterocycles. The number of nitriles is 1. The van der Waals surface area contributed by atoms with Crippen molar-refractivity contribution >= 4 is 16.1 Å². The van der Waals surface area contributed by atoms with Gasteiger partial charge < -0.3 is 20.7 Å². The summed E-state index contributed by atoms with van der Waals surface area (Å²) in [7, 11) is -3.61. The summed E-state index contributed by atoms with van der Waals surface area (Å²) in [6.45, 7) is 3.70. The molecule has 0 aliphatic carbocycles. The number of sulfonamides is 1. The van der Waals surface area contributed by atoms with Crippen LogP contribution in [-0.4, -0.2) is 60.9 Å². The predicted molar refractivity (Wildman–Crippen MR) is 106 cm³/mol. The van der Waals surface area contributed by atoms with Gasteiger partial charge in [-0.15, -0.1) is 0 Å². The fourth-order valence-electron chi connectivity index (χ4n) is 3.02. The van der Waals surface area contributed by atoms with Crippen molar-refractivity contribution in [3.63, 3.8) is 0 Å². The molecule has 9 heteroatoms. The molecule has 1 aliphatic heterocycles. The zero-order chi connectivity index (χ0) is 20.9. The zero-order valence-electron chi connectivity index (χ0n) is 16.1. The molecule has 2 rings (SSSR count). The smallest absolute Gasteiger partial charge is 0.236 e. The van der Waals surface area contributed by atoms with E-state index in [-0.39, 0.29) is 26.3 Å². The number of aliphatic hydroxyl groups is 2. The second-order valence-electron chi connectivity index (χ2n) is 7.13. The van der Waals surface area contributed by atoms with Crippen molar-refractivity contribution in [2.24, 2.45) is 5.73 Å². The van der Waals surface area contributed by atoms with E-state index in [1.807, 2.05) is 19.9 Å². The Kier molecular flexibility index (Phi) is 7.20. The molecule has 4 N–H and O–H groups in total. The molecule has 154 valence electrons. The average Bonchev–Trinajstić information content (AvgIpc) is 2.65. The maximum Gasteiger partial charge on any atom is 0.236 e. The number of piperidine rings is 1. The Hall–Kier alpha value is -1.96. The number of aryl methyl sites for hydroxylation is 2. The molecule has 8 nitrogen and oxygen atoms in total. The molecular formula is C19H27N3O5S. The van der Waals surface area contributed by atoms with Gasteiger partial charge in [-0.2, -0.15) is 9.57 Å². The monoisotopic (exact) mass is 409 g/mol. The number of hydrogen-bond acceptors (Lipinski definition) is 7. The highest BCUT2D eigenvalue weighted by molar-refractivity contribution is 7.92. The van der Waals surface area contributed by atoms with Crippen LogP contribution < -0.4 is 10.5 Å². The number of hydrogen-bond donors (Lipinski definition) is 3. The molecule has 1 fully saturated rings. The first kappa shape index (κ1) is 22.3. The number of nitrogens with zero attached hydrogens (tertiary/aromatic N) is 2.